The predicted molar refractivity (Wildman–Crippen MR) is 113 cm³/mol. The third kappa shape index (κ3) is 5.14. The fourth-order valence-corrected chi connectivity index (χ4v) is 3.20. The van der Waals surface area contributed by atoms with Crippen molar-refractivity contribution in [3.05, 3.63) is 86.1 Å². The smallest absolute Gasteiger partial charge is 0.153 e. The minimum absolute atomic E-state index is 0.163. The predicted octanol–water partition coefficient (Wildman–Crippen LogP) is 5.65. The highest BCUT2D eigenvalue weighted by Crippen LogP contribution is 2.30. The Bertz CT molecular complexity index is 1100. The molecule has 3 aromatic rings. The van der Waals surface area contributed by atoms with Gasteiger partial charge in [-0.2, -0.15) is 5.26 Å². The molecule has 29 heavy (non-hydrogen) atoms. The second-order valence-electron chi connectivity index (χ2n) is 6.23. The number of aldehydes is 1. The van der Waals surface area contributed by atoms with Gasteiger partial charge in [0.05, 0.1) is 11.1 Å². The second-order valence-corrected chi connectivity index (χ2v) is 7.49. The summed E-state index contributed by atoms with van der Waals surface area (Å²) in [6.45, 7) is 2.33. The summed E-state index contributed by atoms with van der Waals surface area (Å²) in [6.07, 6.45) is 3.77. The summed E-state index contributed by atoms with van der Waals surface area (Å²) in [6, 6.07) is 12.7. The van der Waals surface area contributed by atoms with E-state index in [1.165, 1.54) is 6.20 Å². The minimum atomic E-state index is 0.163. The first-order valence-corrected chi connectivity index (χ1v) is 9.81. The molecule has 1 heterocycles. The molecule has 1 aromatic heterocycles. The van der Waals surface area contributed by atoms with Crippen LogP contribution in [0.15, 0.2) is 53.3 Å². The van der Waals surface area contributed by atoms with Gasteiger partial charge in [-0.3, -0.25) is 9.78 Å². The molecule has 0 saturated heterocycles. The Labute approximate surface area is 182 Å². The van der Waals surface area contributed by atoms with E-state index in [1.807, 2.05) is 31.2 Å². The van der Waals surface area contributed by atoms with Crippen molar-refractivity contribution < 1.29 is 14.3 Å². The fourth-order valence-electron chi connectivity index (χ4n) is 2.63. The zero-order valence-corrected chi connectivity index (χ0v) is 17.8. The zero-order chi connectivity index (χ0) is 20.8. The van der Waals surface area contributed by atoms with Crippen LogP contribution < -0.4 is 9.47 Å². The van der Waals surface area contributed by atoms with Crippen molar-refractivity contribution in [3.8, 4) is 17.6 Å². The monoisotopic (exact) mass is 470 g/mol. The summed E-state index contributed by atoms with van der Waals surface area (Å²) >= 11 is 9.80. The van der Waals surface area contributed by atoms with Crippen molar-refractivity contribution in [1.29, 1.82) is 5.26 Å². The molecule has 0 atom stereocenters. The van der Waals surface area contributed by atoms with Crippen LogP contribution in [-0.2, 0) is 13.2 Å². The maximum atomic E-state index is 11.4. The molecule has 0 radical (unpaired) electrons. The average Bonchev–Trinajstić information content (AvgIpc) is 2.74. The molecule has 7 heteroatoms. The van der Waals surface area contributed by atoms with E-state index in [1.54, 1.807) is 24.4 Å². The van der Waals surface area contributed by atoms with Crippen molar-refractivity contribution >= 4 is 33.8 Å². The molecule has 0 aliphatic heterocycles. The van der Waals surface area contributed by atoms with E-state index < -0.39 is 0 Å². The lowest BCUT2D eigenvalue weighted by atomic mass is 10.1. The first-order valence-electron chi connectivity index (χ1n) is 8.64. The Morgan fingerprint density at radius 1 is 1.17 bits per heavy atom. The number of nitrogens with zero attached hydrogens (tertiary/aromatic N) is 2. The van der Waals surface area contributed by atoms with Gasteiger partial charge in [-0.05, 0) is 37.3 Å². The van der Waals surface area contributed by atoms with Crippen LogP contribution >= 0.6 is 27.5 Å². The van der Waals surface area contributed by atoms with Crippen molar-refractivity contribution in [2.45, 2.75) is 20.1 Å². The van der Waals surface area contributed by atoms with Crippen LogP contribution in [0.1, 0.15) is 32.6 Å². The third-order valence-electron chi connectivity index (χ3n) is 4.23. The molecule has 0 aliphatic rings. The van der Waals surface area contributed by atoms with Gasteiger partial charge < -0.3 is 9.47 Å². The third-order valence-corrected chi connectivity index (χ3v) is 5.44. The highest BCUT2D eigenvalue weighted by molar-refractivity contribution is 9.10. The Morgan fingerprint density at radius 3 is 2.72 bits per heavy atom. The SMILES string of the molecule is Cc1c(Br)cccc1OCc1cc(OCc2cncc(C#N)c2)c(C=O)cc1Cl. The van der Waals surface area contributed by atoms with Crippen LogP contribution in [0.2, 0.25) is 5.02 Å². The first kappa shape index (κ1) is 20.8. The number of ether oxygens (including phenoxy) is 2. The van der Waals surface area contributed by atoms with Gasteiger partial charge >= 0.3 is 0 Å². The van der Waals surface area contributed by atoms with E-state index in [9.17, 15) is 4.79 Å². The standard InChI is InChI=1S/C22H16BrClN2O3/c1-14-19(23)3-2-4-21(14)29-13-18-7-22(17(11-27)6-20(18)24)28-12-16-5-15(8-25)9-26-10-16/h2-7,9-11H,12-13H2,1H3. The topological polar surface area (TPSA) is 72.2 Å². The lowest BCUT2D eigenvalue weighted by Crippen LogP contribution is -2.03. The summed E-state index contributed by atoms with van der Waals surface area (Å²) in [5, 5.41) is 9.39. The second kappa shape index (κ2) is 9.55. The number of hydrogen-bond donors (Lipinski definition) is 0. The highest BCUT2D eigenvalue weighted by atomic mass is 79.9. The minimum Gasteiger partial charge on any atom is -0.489 e. The van der Waals surface area contributed by atoms with E-state index in [-0.39, 0.29) is 13.2 Å². The quantitative estimate of drug-likeness (QED) is 0.416. The van der Waals surface area contributed by atoms with Gasteiger partial charge in [-0.1, -0.05) is 33.6 Å². The molecule has 0 unspecified atom stereocenters. The van der Waals surface area contributed by atoms with Gasteiger partial charge in [-0.15, -0.1) is 0 Å². The van der Waals surface area contributed by atoms with Crippen LogP contribution in [0.25, 0.3) is 0 Å². The van der Waals surface area contributed by atoms with Crippen molar-refractivity contribution in [3.63, 3.8) is 0 Å². The van der Waals surface area contributed by atoms with Gasteiger partial charge in [-0.25, -0.2) is 0 Å². The summed E-state index contributed by atoms with van der Waals surface area (Å²) < 4.78 is 12.7. The number of nitriles is 1. The average molecular weight is 472 g/mol. The van der Waals surface area contributed by atoms with E-state index in [2.05, 4.69) is 20.9 Å². The molecule has 0 fully saturated rings. The molecule has 0 N–H and O–H groups in total. The summed E-state index contributed by atoms with van der Waals surface area (Å²) in [4.78, 5) is 15.4. The lowest BCUT2D eigenvalue weighted by Gasteiger charge is -2.14. The molecular weight excluding hydrogens is 456 g/mol. The summed E-state index contributed by atoms with van der Waals surface area (Å²) in [5.41, 5.74) is 3.17. The number of pyridine rings is 1. The molecular formula is C22H16BrClN2O3. The zero-order valence-electron chi connectivity index (χ0n) is 15.5. The molecule has 5 nitrogen and oxygen atoms in total. The molecule has 0 amide bonds. The number of benzene rings is 2. The van der Waals surface area contributed by atoms with E-state index >= 15 is 0 Å². The number of carbonyl (C=O) groups is 1. The number of rotatable bonds is 7. The first-order chi connectivity index (χ1) is 14.0. The Kier molecular flexibility index (Phi) is 6.86. The van der Waals surface area contributed by atoms with E-state index in [4.69, 9.17) is 26.3 Å². The molecule has 0 aliphatic carbocycles. The lowest BCUT2D eigenvalue weighted by molar-refractivity contribution is 0.111. The van der Waals surface area contributed by atoms with Gasteiger partial charge in [0.1, 0.15) is 30.8 Å². The highest BCUT2D eigenvalue weighted by Gasteiger charge is 2.12. The van der Waals surface area contributed by atoms with Gasteiger partial charge in [0.15, 0.2) is 6.29 Å². The van der Waals surface area contributed by atoms with Gasteiger partial charge in [0, 0.05) is 38.6 Å². The number of hydrogen-bond acceptors (Lipinski definition) is 5. The fraction of sp³-hybridized carbons (Fsp3) is 0.136. The van der Waals surface area contributed by atoms with E-state index in [0.29, 0.717) is 33.7 Å². The van der Waals surface area contributed by atoms with Gasteiger partial charge in [0.25, 0.3) is 0 Å². The van der Waals surface area contributed by atoms with Crippen LogP contribution in [-0.4, -0.2) is 11.3 Å². The van der Waals surface area contributed by atoms with E-state index in [0.717, 1.165) is 21.3 Å². The van der Waals surface area contributed by atoms with Crippen LogP contribution in [0.3, 0.4) is 0 Å². The van der Waals surface area contributed by atoms with Crippen molar-refractivity contribution in [2.24, 2.45) is 0 Å². The van der Waals surface area contributed by atoms with Crippen molar-refractivity contribution in [2.75, 3.05) is 0 Å². The number of aromatic nitrogens is 1. The Hall–Kier alpha value is -2.88. The maximum Gasteiger partial charge on any atom is 0.153 e. The van der Waals surface area contributed by atoms with Crippen LogP contribution in [0, 0.1) is 18.3 Å². The molecule has 0 bridgehead atoms. The summed E-state index contributed by atoms with van der Waals surface area (Å²) in [7, 11) is 0. The van der Waals surface area contributed by atoms with Crippen LogP contribution in [0.5, 0.6) is 11.5 Å². The normalized spacial score (nSPS) is 10.3. The Morgan fingerprint density at radius 2 is 1.97 bits per heavy atom. The molecule has 0 saturated carbocycles. The molecule has 146 valence electrons. The molecule has 2 aromatic carbocycles. The maximum absolute atomic E-state index is 11.4. The van der Waals surface area contributed by atoms with Crippen molar-refractivity contribution in [1.82, 2.24) is 4.98 Å². The molecule has 3 rings (SSSR count). The largest absolute Gasteiger partial charge is 0.489 e. The molecule has 0 spiro atoms. The number of carbonyl (C=O) groups excluding carboxylic acids is 1. The summed E-state index contributed by atoms with van der Waals surface area (Å²) in [5.74, 6) is 1.12. The van der Waals surface area contributed by atoms with Gasteiger partial charge in [0.2, 0.25) is 0 Å². The van der Waals surface area contributed by atoms with Crippen LogP contribution in [0.4, 0.5) is 0 Å². The number of halogens is 2. The Balaban J connectivity index is 1.79.